The first-order valence-electron chi connectivity index (χ1n) is 4.69. The summed E-state index contributed by atoms with van der Waals surface area (Å²) >= 11 is 1.52. The van der Waals surface area contributed by atoms with Gasteiger partial charge in [-0.15, -0.1) is 11.8 Å². The fourth-order valence-corrected chi connectivity index (χ4v) is 1.76. The van der Waals surface area contributed by atoms with Gasteiger partial charge in [-0.1, -0.05) is 0 Å². The Morgan fingerprint density at radius 3 is 2.87 bits per heavy atom. The molecule has 1 aromatic heterocycles. The molecule has 0 spiro atoms. The van der Waals surface area contributed by atoms with Crippen LogP contribution in [0.25, 0.3) is 0 Å². The number of nitrogens with zero attached hydrogens (tertiary/aromatic N) is 1. The Hall–Kier alpha value is -1.07. The minimum Gasteiger partial charge on any atom is -0.465 e. The highest BCUT2D eigenvalue weighted by molar-refractivity contribution is 7.99. The van der Waals surface area contributed by atoms with Gasteiger partial charge in [-0.3, -0.25) is 9.78 Å². The molecule has 0 aliphatic rings. The van der Waals surface area contributed by atoms with Gasteiger partial charge in [0.2, 0.25) is 0 Å². The Morgan fingerprint density at radius 1 is 1.60 bits per heavy atom. The summed E-state index contributed by atoms with van der Waals surface area (Å²) in [6.45, 7) is 2.13. The van der Waals surface area contributed by atoms with Gasteiger partial charge < -0.3 is 10.5 Å². The van der Waals surface area contributed by atoms with Crippen molar-refractivity contribution in [3.05, 3.63) is 24.5 Å². The zero-order chi connectivity index (χ0) is 11.1. The molecular weight excluding hydrogens is 212 g/mol. The number of carbonyl (C=O) groups is 1. The van der Waals surface area contributed by atoms with Crippen LogP contribution in [0.5, 0.6) is 0 Å². The van der Waals surface area contributed by atoms with Crippen molar-refractivity contribution in [2.45, 2.75) is 17.9 Å². The Morgan fingerprint density at radius 2 is 2.27 bits per heavy atom. The number of ether oxygens (including phenoxy) is 1. The van der Waals surface area contributed by atoms with Crippen LogP contribution in [-0.4, -0.2) is 29.4 Å². The van der Waals surface area contributed by atoms with E-state index >= 15 is 0 Å². The van der Waals surface area contributed by atoms with Crippen molar-refractivity contribution >= 4 is 17.7 Å². The highest BCUT2D eigenvalue weighted by Crippen LogP contribution is 2.16. The number of hydrogen-bond donors (Lipinski definition) is 1. The molecule has 2 N–H and O–H groups in total. The number of aromatic nitrogens is 1. The number of nitrogens with two attached hydrogens (primary N) is 1. The third-order valence-electron chi connectivity index (χ3n) is 1.67. The third-order valence-corrected chi connectivity index (χ3v) is 2.80. The molecule has 5 heteroatoms. The molecule has 1 heterocycles. The molecular formula is C10H14N2O2S. The van der Waals surface area contributed by atoms with Gasteiger partial charge in [-0.25, -0.2) is 0 Å². The monoisotopic (exact) mass is 226 g/mol. The summed E-state index contributed by atoms with van der Waals surface area (Å²) in [7, 11) is 0. The zero-order valence-electron chi connectivity index (χ0n) is 8.55. The molecule has 0 aromatic carbocycles. The van der Waals surface area contributed by atoms with Crippen molar-refractivity contribution in [2.75, 3.05) is 12.4 Å². The van der Waals surface area contributed by atoms with E-state index < -0.39 is 6.04 Å². The first kappa shape index (κ1) is 12.0. The average Bonchev–Trinajstić information content (AvgIpc) is 2.27. The van der Waals surface area contributed by atoms with Crippen LogP contribution in [0, 0.1) is 0 Å². The normalized spacial score (nSPS) is 12.1. The van der Waals surface area contributed by atoms with Gasteiger partial charge in [0.1, 0.15) is 6.04 Å². The minimum absolute atomic E-state index is 0.348. The second kappa shape index (κ2) is 6.42. The Balaban J connectivity index is 2.34. The van der Waals surface area contributed by atoms with Crippen LogP contribution in [0.2, 0.25) is 0 Å². The Bertz CT molecular complexity index is 306. The molecule has 1 unspecified atom stereocenters. The van der Waals surface area contributed by atoms with Gasteiger partial charge >= 0.3 is 5.97 Å². The number of rotatable bonds is 5. The summed E-state index contributed by atoms with van der Waals surface area (Å²) in [6, 6.07) is 3.19. The summed E-state index contributed by atoms with van der Waals surface area (Å²) < 4.78 is 4.80. The number of pyridine rings is 1. The van der Waals surface area contributed by atoms with Crippen LogP contribution in [0.15, 0.2) is 29.4 Å². The van der Waals surface area contributed by atoms with Crippen molar-refractivity contribution < 1.29 is 9.53 Å². The molecule has 0 radical (unpaired) electrons. The molecule has 1 atom stereocenters. The summed E-state index contributed by atoms with van der Waals surface area (Å²) in [5.41, 5.74) is 5.64. The van der Waals surface area contributed by atoms with E-state index in [1.54, 1.807) is 19.3 Å². The van der Waals surface area contributed by atoms with E-state index in [1.807, 2.05) is 12.1 Å². The molecule has 0 aliphatic heterocycles. The van der Waals surface area contributed by atoms with E-state index in [9.17, 15) is 4.79 Å². The van der Waals surface area contributed by atoms with E-state index in [1.165, 1.54) is 11.8 Å². The molecule has 0 fully saturated rings. The molecule has 0 bridgehead atoms. The lowest BCUT2D eigenvalue weighted by molar-refractivity contribution is -0.144. The van der Waals surface area contributed by atoms with E-state index in [4.69, 9.17) is 10.5 Å². The highest BCUT2D eigenvalue weighted by Gasteiger charge is 2.14. The van der Waals surface area contributed by atoms with Gasteiger partial charge in [0.25, 0.3) is 0 Å². The number of hydrogen-bond acceptors (Lipinski definition) is 5. The maximum Gasteiger partial charge on any atom is 0.323 e. The predicted octanol–water partition coefficient (Wildman–Crippen LogP) is 1.06. The van der Waals surface area contributed by atoms with Crippen LogP contribution in [0.4, 0.5) is 0 Å². The van der Waals surface area contributed by atoms with Crippen LogP contribution in [-0.2, 0) is 9.53 Å². The van der Waals surface area contributed by atoms with Crippen molar-refractivity contribution in [2.24, 2.45) is 5.73 Å². The zero-order valence-corrected chi connectivity index (χ0v) is 9.37. The lowest BCUT2D eigenvalue weighted by Gasteiger charge is -2.09. The number of thioether (sulfide) groups is 1. The molecule has 0 saturated carbocycles. The van der Waals surface area contributed by atoms with Crippen LogP contribution >= 0.6 is 11.8 Å². The molecule has 15 heavy (non-hydrogen) atoms. The van der Waals surface area contributed by atoms with Crippen LogP contribution < -0.4 is 5.73 Å². The molecule has 4 nitrogen and oxygen atoms in total. The van der Waals surface area contributed by atoms with Gasteiger partial charge in [-0.2, -0.15) is 0 Å². The Kier molecular flexibility index (Phi) is 5.14. The minimum atomic E-state index is -0.567. The fourth-order valence-electron chi connectivity index (χ4n) is 0.938. The predicted molar refractivity (Wildman–Crippen MR) is 59.6 cm³/mol. The molecule has 1 aromatic rings. The van der Waals surface area contributed by atoms with E-state index in [2.05, 4.69) is 4.98 Å². The molecule has 82 valence electrons. The maximum absolute atomic E-state index is 11.2. The second-order valence-electron chi connectivity index (χ2n) is 2.85. The summed E-state index contributed by atoms with van der Waals surface area (Å²) in [5, 5.41) is 0. The molecule has 0 saturated heterocycles. The smallest absolute Gasteiger partial charge is 0.323 e. The number of esters is 1. The van der Waals surface area contributed by atoms with Crippen molar-refractivity contribution in [3.8, 4) is 0 Å². The summed E-state index contributed by atoms with van der Waals surface area (Å²) in [4.78, 5) is 16.1. The van der Waals surface area contributed by atoms with E-state index in [-0.39, 0.29) is 5.97 Å². The first-order valence-corrected chi connectivity index (χ1v) is 5.67. The Labute approximate surface area is 93.2 Å². The molecule has 1 rings (SSSR count). The van der Waals surface area contributed by atoms with Crippen molar-refractivity contribution in [1.29, 1.82) is 0 Å². The van der Waals surface area contributed by atoms with Gasteiger partial charge in [0, 0.05) is 23.0 Å². The van der Waals surface area contributed by atoms with Gasteiger partial charge in [0.15, 0.2) is 0 Å². The van der Waals surface area contributed by atoms with E-state index in [0.29, 0.717) is 12.4 Å². The fraction of sp³-hybridized carbons (Fsp3) is 0.400. The highest BCUT2D eigenvalue weighted by atomic mass is 32.2. The number of carbonyl (C=O) groups excluding carboxylic acids is 1. The van der Waals surface area contributed by atoms with Crippen LogP contribution in [0.3, 0.4) is 0 Å². The van der Waals surface area contributed by atoms with Crippen molar-refractivity contribution in [1.82, 2.24) is 4.98 Å². The third kappa shape index (κ3) is 4.31. The molecule has 0 amide bonds. The van der Waals surface area contributed by atoms with Crippen molar-refractivity contribution in [3.63, 3.8) is 0 Å². The lowest BCUT2D eigenvalue weighted by atomic mass is 10.4. The van der Waals surface area contributed by atoms with Gasteiger partial charge in [-0.05, 0) is 19.1 Å². The first-order chi connectivity index (χ1) is 7.24. The average molecular weight is 226 g/mol. The summed E-state index contributed by atoms with van der Waals surface area (Å²) in [6.07, 6.45) is 3.41. The van der Waals surface area contributed by atoms with E-state index in [0.717, 1.165) is 4.90 Å². The standard InChI is InChI=1S/C10H14N2O2S/c1-2-14-10(13)9(11)7-15-8-3-5-12-6-4-8/h3-6,9H,2,7,11H2,1H3. The quantitative estimate of drug-likeness (QED) is 0.601. The van der Waals surface area contributed by atoms with Crippen LogP contribution in [0.1, 0.15) is 6.92 Å². The van der Waals surface area contributed by atoms with Gasteiger partial charge in [0.05, 0.1) is 6.61 Å². The topological polar surface area (TPSA) is 65.2 Å². The largest absolute Gasteiger partial charge is 0.465 e. The second-order valence-corrected chi connectivity index (χ2v) is 3.95. The SMILES string of the molecule is CCOC(=O)C(N)CSc1ccncc1. The molecule has 0 aliphatic carbocycles. The summed E-state index contributed by atoms with van der Waals surface area (Å²) in [5.74, 6) is 0.169. The maximum atomic E-state index is 11.2. The lowest BCUT2D eigenvalue weighted by Crippen LogP contribution is -2.34.